The first-order chi connectivity index (χ1) is 7.50. The predicted octanol–water partition coefficient (Wildman–Crippen LogP) is 1.47. The number of nitrogens with one attached hydrogen (secondary N) is 1. The Morgan fingerprint density at radius 3 is 2.75 bits per heavy atom. The topological polar surface area (TPSA) is 75.1 Å². The van der Waals surface area contributed by atoms with Gasteiger partial charge in [0.05, 0.1) is 0 Å². The Morgan fingerprint density at radius 2 is 2.31 bits per heavy atom. The van der Waals surface area contributed by atoms with Gasteiger partial charge in [-0.15, -0.1) is 10.2 Å². The van der Waals surface area contributed by atoms with Crippen LogP contribution >= 0.6 is 22.9 Å². The molecule has 1 rings (SSSR count). The highest BCUT2D eigenvalue weighted by Crippen LogP contribution is 2.18. The van der Waals surface area contributed by atoms with E-state index in [0.29, 0.717) is 6.42 Å². The lowest BCUT2D eigenvalue weighted by atomic mass is 9.95. The van der Waals surface area contributed by atoms with Crippen molar-refractivity contribution in [3.8, 4) is 0 Å². The Hall–Kier alpha value is -0.720. The first kappa shape index (κ1) is 13.3. The minimum Gasteiger partial charge on any atom is -0.396 e. The number of carbonyl (C=O) groups excluding carboxylic acids is 1. The molecule has 1 heterocycles. The van der Waals surface area contributed by atoms with Gasteiger partial charge in [0.25, 0.3) is 5.91 Å². The summed E-state index contributed by atoms with van der Waals surface area (Å²) in [5, 5.41) is 19.2. The highest BCUT2D eigenvalue weighted by Gasteiger charge is 2.25. The second-order valence-corrected chi connectivity index (χ2v) is 5.26. The average molecular weight is 264 g/mol. The van der Waals surface area contributed by atoms with Crippen LogP contribution in [0, 0.1) is 0 Å². The molecule has 90 valence electrons. The Kier molecular flexibility index (Phi) is 4.64. The van der Waals surface area contributed by atoms with E-state index in [1.54, 1.807) is 0 Å². The van der Waals surface area contributed by atoms with E-state index in [4.69, 9.17) is 16.7 Å². The molecule has 1 unspecified atom stereocenters. The lowest BCUT2D eigenvalue weighted by Crippen LogP contribution is -2.46. The Bertz CT molecular complexity index is 371. The standard InChI is InChI=1S/C9H14ClN3O2S/c1-3-9(2,4-5-14)11-6(15)7-12-13-8(10)16-7/h14H,3-5H2,1-2H3,(H,11,15). The molecule has 0 spiro atoms. The summed E-state index contributed by atoms with van der Waals surface area (Å²) < 4.78 is 0.241. The Morgan fingerprint density at radius 1 is 1.62 bits per heavy atom. The number of amides is 1. The highest BCUT2D eigenvalue weighted by atomic mass is 35.5. The van der Waals surface area contributed by atoms with Crippen LogP contribution in [0.3, 0.4) is 0 Å². The molecule has 5 nitrogen and oxygen atoms in total. The molecule has 16 heavy (non-hydrogen) atoms. The smallest absolute Gasteiger partial charge is 0.282 e. The summed E-state index contributed by atoms with van der Waals surface area (Å²) in [6, 6.07) is 0. The lowest BCUT2D eigenvalue weighted by Gasteiger charge is -2.28. The summed E-state index contributed by atoms with van der Waals surface area (Å²) in [4.78, 5) is 11.8. The minimum absolute atomic E-state index is 0.0293. The van der Waals surface area contributed by atoms with Gasteiger partial charge >= 0.3 is 0 Å². The third-order valence-electron chi connectivity index (χ3n) is 2.45. The Balaban J connectivity index is 2.69. The van der Waals surface area contributed by atoms with Gasteiger partial charge in [0.1, 0.15) is 0 Å². The van der Waals surface area contributed by atoms with Gasteiger partial charge in [-0.05, 0) is 31.4 Å². The van der Waals surface area contributed by atoms with E-state index in [9.17, 15) is 4.79 Å². The third kappa shape index (κ3) is 3.40. The van der Waals surface area contributed by atoms with Crippen LogP contribution in [0.5, 0.6) is 0 Å². The molecule has 0 saturated carbocycles. The number of halogens is 1. The van der Waals surface area contributed by atoms with Crippen LogP contribution in [0.15, 0.2) is 0 Å². The molecule has 0 aliphatic carbocycles. The van der Waals surface area contributed by atoms with E-state index in [-0.39, 0.29) is 22.0 Å². The molecule has 1 aromatic rings. The first-order valence-electron chi connectivity index (χ1n) is 4.93. The molecule has 0 aliphatic heterocycles. The fraction of sp³-hybridized carbons (Fsp3) is 0.667. The number of aliphatic hydroxyl groups excluding tert-OH is 1. The van der Waals surface area contributed by atoms with Crippen LogP contribution in [-0.4, -0.2) is 33.4 Å². The summed E-state index contributed by atoms with van der Waals surface area (Å²) in [6.45, 7) is 3.86. The number of nitrogens with zero attached hydrogens (tertiary/aromatic N) is 2. The van der Waals surface area contributed by atoms with E-state index >= 15 is 0 Å². The van der Waals surface area contributed by atoms with Crippen LogP contribution in [-0.2, 0) is 0 Å². The summed E-state index contributed by atoms with van der Waals surface area (Å²) >= 11 is 6.63. The molecule has 1 aromatic heterocycles. The molecule has 2 N–H and O–H groups in total. The van der Waals surface area contributed by atoms with E-state index in [1.165, 1.54) is 0 Å². The molecular formula is C9H14ClN3O2S. The van der Waals surface area contributed by atoms with Crippen molar-refractivity contribution in [1.82, 2.24) is 15.5 Å². The van der Waals surface area contributed by atoms with E-state index in [2.05, 4.69) is 15.5 Å². The maximum Gasteiger partial charge on any atom is 0.282 e. The molecule has 0 aliphatic rings. The largest absolute Gasteiger partial charge is 0.396 e. The van der Waals surface area contributed by atoms with Crippen molar-refractivity contribution in [1.29, 1.82) is 0 Å². The zero-order valence-electron chi connectivity index (χ0n) is 9.16. The van der Waals surface area contributed by atoms with Crippen molar-refractivity contribution in [2.45, 2.75) is 32.2 Å². The molecular weight excluding hydrogens is 250 g/mol. The normalized spacial score (nSPS) is 14.5. The highest BCUT2D eigenvalue weighted by molar-refractivity contribution is 7.17. The molecule has 0 radical (unpaired) electrons. The van der Waals surface area contributed by atoms with Gasteiger partial charge < -0.3 is 10.4 Å². The predicted molar refractivity (Wildman–Crippen MR) is 62.8 cm³/mol. The van der Waals surface area contributed by atoms with Crippen molar-refractivity contribution in [2.75, 3.05) is 6.61 Å². The second kappa shape index (κ2) is 5.56. The van der Waals surface area contributed by atoms with Crippen LogP contribution in [0.2, 0.25) is 4.47 Å². The molecule has 0 fully saturated rings. The fourth-order valence-electron chi connectivity index (χ4n) is 1.20. The molecule has 0 saturated heterocycles. The number of rotatable bonds is 5. The van der Waals surface area contributed by atoms with Crippen LogP contribution in [0.25, 0.3) is 0 Å². The van der Waals surface area contributed by atoms with Gasteiger partial charge in [-0.2, -0.15) is 0 Å². The maximum absolute atomic E-state index is 11.8. The lowest BCUT2D eigenvalue weighted by molar-refractivity contribution is 0.0885. The van der Waals surface area contributed by atoms with E-state index in [0.717, 1.165) is 17.8 Å². The second-order valence-electron chi connectivity index (χ2n) is 3.70. The monoisotopic (exact) mass is 263 g/mol. The van der Waals surface area contributed by atoms with E-state index in [1.807, 2.05) is 13.8 Å². The molecule has 7 heteroatoms. The summed E-state index contributed by atoms with van der Waals surface area (Å²) in [6.07, 6.45) is 1.23. The quantitative estimate of drug-likeness (QED) is 0.844. The van der Waals surface area contributed by atoms with Crippen LogP contribution in [0.4, 0.5) is 0 Å². The van der Waals surface area contributed by atoms with Gasteiger partial charge in [0.15, 0.2) is 0 Å². The molecule has 1 amide bonds. The first-order valence-corrected chi connectivity index (χ1v) is 6.12. The third-order valence-corrected chi connectivity index (χ3v) is 3.47. The summed E-state index contributed by atoms with van der Waals surface area (Å²) in [7, 11) is 0. The van der Waals surface area contributed by atoms with Gasteiger partial charge in [-0.25, -0.2) is 0 Å². The summed E-state index contributed by atoms with van der Waals surface area (Å²) in [5.41, 5.74) is -0.427. The zero-order chi connectivity index (χ0) is 12.2. The minimum atomic E-state index is -0.427. The number of hydrogen-bond acceptors (Lipinski definition) is 5. The maximum atomic E-state index is 11.8. The molecule has 0 bridgehead atoms. The molecule has 1 atom stereocenters. The van der Waals surface area contributed by atoms with Crippen molar-refractivity contribution in [3.05, 3.63) is 9.47 Å². The van der Waals surface area contributed by atoms with Crippen molar-refractivity contribution >= 4 is 28.8 Å². The fourth-order valence-corrected chi connectivity index (χ4v) is 1.92. The van der Waals surface area contributed by atoms with Crippen LogP contribution < -0.4 is 5.32 Å². The van der Waals surface area contributed by atoms with Crippen molar-refractivity contribution in [3.63, 3.8) is 0 Å². The van der Waals surface area contributed by atoms with Gasteiger partial charge in [-0.1, -0.05) is 18.3 Å². The van der Waals surface area contributed by atoms with E-state index < -0.39 is 5.54 Å². The Labute approximate surface area is 103 Å². The number of hydrogen-bond donors (Lipinski definition) is 2. The van der Waals surface area contributed by atoms with Gasteiger partial charge in [0, 0.05) is 12.1 Å². The average Bonchev–Trinajstić information content (AvgIpc) is 2.65. The number of carbonyl (C=O) groups is 1. The summed E-state index contributed by atoms with van der Waals surface area (Å²) in [5.74, 6) is -0.304. The van der Waals surface area contributed by atoms with Crippen molar-refractivity contribution in [2.24, 2.45) is 0 Å². The number of aliphatic hydroxyl groups is 1. The van der Waals surface area contributed by atoms with Gasteiger partial charge in [0.2, 0.25) is 9.47 Å². The van der Waals surface area contributed by atoms with Crippen molar-refractivity contribution < 1.29 is 9.90 Å². The van der Waals surface area contributed by atoms with Crippen LogP contribution in [0.1, 0.15) is 36.5 Å². The van der Waals surface area contributed by atoms with Gasteiger partial charge in [-0.3, -0.25) is 4.79 Å². The number of aromatic nitrogens is 2. The zero-order valence-corrected chi connectivity index (χ0v) is 10.7. The molecule has 0 aromatic carbocycles. The SMILES string of the molecule is CCC(C)(CCO)NC(=O)c1nnc(Cl)s1.